The molecule has 273 valence electrons. The van der Waals surface area contributed by atoms with Gasteiger partial charge >= 0.3 is 0 Å². The van der Waals surface area contributed by atoms with Crippen molar-refractivity contribution in [1.82, 2.24) is 15.0 Å². The molecule has 0 saturated heterocycles. The van der Waals surface area contributed by atoms with Crippen LogP contribution in [0.4, 0.5) is 0 Å². The molecule has 4 heterocycles. The van der Waals surface area contributed by atoms with Gasteiger partial charge in [-0.3, -0.25) is 0 Å². The van der Waals surface area contributed by atoms with Crippen molar-refractivity contribution >= 4 is 46.0 Å². The Balaban J connectivity index is 0.000000180. The molecule has 0 fully saturated rings. The number of hydrogen-bond donors (Lipinski definition) is 0. The van der Waals surface area contributed by atoms with E-state index in [0.29, 0.717) is 22.4 Å². The Bertz CT molecular complexity index is 2890. The molecule has 0 spiro atoms. The van der Waals surface area contributed by atoms with E-state index in [1.165, 1.54) is 16.3 Å². The Morgan fingerprint density at radius 3 is 2.16 bits per heavy atom. The molecule has 0 aliphatic heterocycles. The number of fused-ring (bicyclic) bond motifs is 4. The summed E-state index contributed by atoms with van der Waals surface area (Å²) in [7, 11) is -1.57. The molecule has 1 atom stereocenters. The van der Waals surface area contributed by atoms with Crippen molar-refractivity contribution in [1.29, 1.82) is 0 Å². The predicted octanol–water partition coefficient (Wildman–Crippen LogP) is 12.2. The van der Waals surface area contributed by atoms with Crippen LogP contribution in [0.1, 0.15) is 35.1 Å². The summed E-state index contributed by atoms with van der Waals surface area (Å²) in [5, 5.41) is 5.26. The number of nitrogens with zero attached hydrogens (tertiary/aromatic N) is 3. The molecule has 0 N–H and O–H groups in total. The Kier molecular flexibility index (Phi) is 9.60. The largest absolute Gasteiger partial charge is 0.500 e. The van der Waals surface area contributed by atoms with Crippen LogP contribution in [0.5, 0.6) is 0 Å². The van der Waals surface area contributed by atoms with Crippen LogP contribution in [0, 0.1) is 19.1 Å². The summed E-state index contributed by atoms with van der Waals surface area (Å²) in [5.41, 5.74) is 8.63. The summed E-state index contributed by atoms with van der Waals surface area (Å²) in [6.07, 6.45) is 7.01. The zero-order chi connectivity index (χ0) is 40.7. The average Bonchev–Trinajstić information content (AvgIpc) is 3.63. The Labute approximate surface area is 343 Å². The van der Waals surface area contributed by atoms with Crippen LogP contribution in [0.3, 0.4) is 0 Å². The third-order valence-electron chi connectivity index (χ3n) is 9.67. The molecule has 0 amide bonds. The van der Waals surface area contributed by atoms with E-state index in [1.807, 2.05) is 116 Å². The predicted molar refractivity (Wildman–Crippen MR) is 227 cm³/mol. The van der Waals surface area contributed by atoms with Crippen LogP contribution in [0.25, 0.3) is 66.4 Å². The summed E-state index contributed by atoms with van der Waals surface area (Å²) < 4.78 is 38.1. The third-order valence-corrected chi connectivity index (χ3v) is 11.7. The Morgan fingerprint density at radius 2 is 1.44 bits per heavy atom. The molecule has 0 saturated carbocycles. The molecule has 9 aromatic rings. The summed E-state index contributed by atoms with van der Waals surface area (Å²) in [4.78, 5) is 14.0. The molecular weight excluding hydrogens is 867 g/mol. The van der Waals surface area contributed by atoms with Crippen molar-refractivity contribution in [3.63, 3.8) is 0 Å². The number of benzene rings is 5. The van der Waals surface area contributed by atoms with Gasteiger partial charge < -0.3 is 19.4 Å². The van der Waals surface area contributed by atoms with Gasteiger partial charge in [-0.2, -0.15) is 0 Å². The van der Waals surface area contributed by atoms with Gasteiger partial charge in [0.1, 0.15) is 5.58 Å². The van der Waals surface area contributed by atoms with Gasteiger partial charge in [-0.05, 0) is 73.3 Å². The first kappa shape index (κ1) is 32.9. The first-order chi connectivity index (χ1) is 27.8. The van der Waals surface area contributed by atoms with Crippen LogP contribution in [0.2, 0.25) is 19.6 Å². The molecule has 5 aromatic carbocycles. The second-order valence-corrected chi connectivity index (χ2v) is 19.4. The van der Waals surface area contributed by atoms with E-state index in [2.05, 4.69) is 66.1 Å². The molecule has 6 heteroatoms. The quantitative estimate of drug-likeness (QED) is 0.123. The Morgan fingerprint density at radius 1 is 0.745 bits per heavy atom. The summed E-state index contributed by atoms with van der Waals surface area (Å²) >= 11 is 0. The third kappa shape index (κ3) is 7.85. The number of aryl methyl sites for hydroxylation is 1. The van der Waals surface area contributed by atoms with E-state index in [4.69, 9.17) is 13.5 Å². The van der Waals surface area contributed by atoms with E-state index in [-0.39, 0.29) is 20.1 Å². The molecule has 0 bridgehead atoms. The molecule has 4 aromatic heterocycles. The molecule has 4 nitrogen and oxygen atoms in total. The van der Waals surface area contributed by atoms with E-state index in [0.717, 1.165) is 49.6 Å². The summed E-state index contributed by atoms with van der Waals surface area (Å²) in [5.74, 6) is -1.07. The zero-order valence-electron chi connectivity index (χ0n) is 35.0. The van der Waals surface area contributed by atoms with Crippen molar-refractivity contribution < 1.29 is 30.0 Å². The second kappa shape index (κ2) is 16.1. The topological polar surface area (TPSA) is 51.8 Å². The number of pyridine rings is 3. The minimum Gasteiger partial charge on any atom is -0.500 e. The average molecular weight is 912 g/mol. The monoisotopic (exact) mass is 912 g/mol. The zero-order valence-corrected chi connectivity index (χ0v) is 34.4. The first-order valence-corrected chi connectivity index (χ1v) is 21.5. The van der Waals surface area contributed by atoms with Gasteiger partial charge in [0.25, 0.3) is 0 Å². The first-order valence-electron chi connectivity index (χ1n) is 20.0. The van der Waals surface area contributed by atoms with Crippen LogP contribution < -0.4 is 5.19 Å². The number of rotatable bonds is 6. The van der Waals surface area contributed by atoms with Crippen molar-refractivity contribution in [2.75, 3.05) is 0 Å². The van der Waals surface area contributed by atoms with Crippen molar-refractivity contribution in [2.45, 2.75) is 39.3 Å². The summed E-state index contributed by atoms with van der Waals surface area (Å²) in [6, 6.07) is 48.3. The van der Waals surface area contributed by atoms with Gasteiger partial charge in [0.2, 0.25) is 0 Å². The van der Waals surface area contributed by atoms with E-state index in [9.17, 15) is 1.37 Å². The molecule has 55 heavy (non-hydrogen) atoms. The minimum atomic E-state index is -2.11. The van der Waals surface area contributed by atoms with E-state index >= 15 is 0 Å². The van der Waals surface area contributed by atoms with Gasteiger partial charge in [0.15, 0.2) is 0 Å². The maximum atomic E-state index is 9.25. The maximum absolute atomic E-state index is 9.25. The summed E-state index contributed by atoms with van der Waals surface area (Å²) in [6.45, 7) is 6.70. The number of furan rings is 1. The molecular formula is C49H41IrN3OSi-2. The van der Waals surface area contributed by atoms with Gasteiger partial charge in [-0.15, -0.1) is 35.4 Å². The molecule has 9 rings (SSSR count). The maximum Gasteiger partial charge on any atom is 0.121 e. The minimum absolute atomic E-state index is 0. The number of hydrogen-bond acceptors (Lipinski definition) is 4. The van der Waals surface area contributed by atoms with Crippen molar-refractivity contribution in [2.24, 2.45) is 0 Å². The second-order valence-electron chi connectivity index (χ2n) is 14.4. The molecule has 1 unspecified atom stereocenters. The normalized spacial score (nSPS) is 13.7. The fraction of sp³-hybridized carbons (Fsp3) is 0.122. The smallest absolute Gasteiger partial charge is 0.121 e. The fourth-order valence-corrected chi connectivity index (χ4v) is 8.28. The van der Waals surface area contributed by atoms with Gasteiger partial charge in [-0.1, -0.05) is 154 Å². The van der Waals surface area contributed by atoms with Crippen LogP contribution in [-0.4, -0.2) is 23.0 Å². The van der Waals surface area contributed by atoms with Crippen LogP contribution in [0.15, 0.2) is 156 Å². The van der Waals surface area contributed by atoms with Crippen LogP contribution in [-0.2, 0) is 20.1 Å². The van der Waals surface area contributed by atoms with Gasteiger partial charge in [0.05, 0.1) is 13.7 Å². The molecule has 0 aliphatic carbocycles. The van der Waals surface area contributed by atoms with E-state index < -0.39 is 20.8 Å². The van der Waals surface area contributed by atoms with E-state index in [1.54, 1.807) is 18.2 Å². The van der Waals surface area contributed by atoms with Gasteiger partial charge in [0, 0.05) is 43.4 Å². The number of aromatic nitrogens is 3. The molecule has 1 radical (unpaired) electrons. The fourth-order valence-electron chi connectivity index (χ4n) is 6.81. The van der Waals surface area contributed by atoms with Crippen LogP contribution >= 0.6 is 0 Å². The van der Waals surface area contributed by atoms with Gasteiger partial charge in [-0.25, -0.2) is 0 Å². The van der Waals surface area contributed by atoms with Crippen molar-refractivity contribution in [3.8, 4) is 33.6 Å². The standard InChI is InChI=1S/C28H19N2O.C21H22NSi.Ir/c1-18(19-9-3-2-4-10-19)27-26-22-13-7-8-14-25(22)31-28(26)23(17-30-27)24-15-20-11-5-6-12-21(20)16-29-24;1-16-10-12-18(13-11-16)20-14-19(17-8-6-5-7-9-17)21(15-22-20)23(2,3)4;/h2-16,18H,1H3;5-12,14-15H,1-4H3;/q2*-1;/i18D;1D3;. The number of para-hydroxylation sites is 1. The van der Waals surface area contributed by atoms with Crippen molar-refractivity contribution in [3.05, 3.63) is 181 Å². The Hall–Kier alpha value is -5.52. The molecule has 0 aliphatic rings. The SMILES string of the molecule is [2H]C(C)(c1ccccc1)c1n[c-]c(-c2cc3ccccc3cn2)c2oc3ccccc3c12.[2H]C([2H])([2H])c1c[c-]c(-c2cc(-c3ccccc3)c([Si](C)(C)C)cn2)cc1.[Ir].